The van der Waals surface area contributed by atoms with E-state index in [0.29, 0.717) is 12.8 Å². The number of allylic oxidation sites excluding steroid dienone is 2. The summed E-state index contributed by atoms with van der Waals surface area (Å²) in [6.07, 6.45) is 33.2. The van der Waals surface area contributed by atoms with Gasteiger partial charge in [0.15, 0.2) is 6.10 Å². The van der Waals surface area contributed by atoms with E-state index in [0.717, 1.165) is 57.8 Å². The first-order chi connectivity index (χ1) is 24.7. The monoisotopic (exact) mass is 766 g/mol. The minimum absolute atomic E-state index is 0. The summed E-state index contributed by atoms with van der Waals surface area (Å²) in [6, 6.07) is 0. The predicted octanol–water partition coefficient (Wildman–Crippen LogP) is 10.6. The van der Waals surface area contributed by atoms with E-state index in [1.54, 1.807) is 0 Å². The van der Waals surface area contributed by atoms with Crippen molar-refractivity contribution in [3.05, 3.63) is 12.2 Å². The standard InChI is InChI=1S/C40H77O10P.H3N/c1-3-5-7-9-11-13-15-17-18-20-22-24-26-28-30-32-40(44)50-38(36-49-51(45,46)48-34-37(42)33-41)35-47-39(43)31-29-27-25-23-21-19-16-14-12-10-8-6-4-2;/h17-18,37-38,41-42H,3-16,19-36H2,1-2H3,(H,45,46);1H3. The van der Waals surface area contributed by atoms with E-state index < -0.39 is 51.8 Å². The topological polar surface area (TPSA) is 184 Å². The summed E-state index contributed by atoms with van der Waals surface area (Å²) in [5.41, 5.74) is 0. The lowest BCUT2D eigenvalue weighted by Gasteiger charge is -2.20. The molecule has 0 aliphatic rings. The summed E-state index contributed by atoms with van der Waals surface area (Å²) in [7, 11) is -4.61. The highest BCUT2D eigenvalue weighted by Gasteiger charge is 2.27. The molecule has 52 heavy (non-hydrogen) atoms. The molecule has 0 aliphatic carbocycles. The number of ether oxygens (including phenoxy) is 2. The van der Waals surface area contributed by atoms with Crippen LogP contribution in [-0.2, 0) is 32.7 Å². The Hall–Kier alpha value is -1.33. The molecule has 0 saturated carbocycles. The Labute approximate surface area is 317 Å². The SMILES string of the molecule is CCCCCCCCC=CCCCCCCCC(=O)OC(COC(=O)CCCCCCCCCCCCCCC)COP(=O)(O)OCC(O)CO.N. The molecule has 0 saturated heterocycles. The Morgan fingerprint density at radius 2 is 0.962 bits per heavy atom. The first-order valence-corrected chi connectivity index (χ1v) is 22.1. The van der Waals surface area contributed by atoms with Gasteiger partial charge in [-0.25, -0.2) is 4.57 Å². The Kier molecular flexibility index (Phi) is 40.0. The second kappa shape index (κ2) is 39.4. The van der Waals surface area contributed by atoms with Gasteiger partial charge in [-0.05, 0) is 38.5 Å². The molecule has 0 radical (unpaired) electrons. The highest BCUT2D eigenvalue weighted by Crippen LogP contribution is 2.43. The fourth-order valence-corrected chi connectivity index (χ4v) is 6.48. The lowest BCUT2D eigenvalue weighted by atomic mass is 10.0. The van der Waals surface area contributed by atoms with Gasteiger partial charge in [0, 0.05) is 12.8 Å². The molecule has 310 valence electrons. The smallest absolute Gasteiger partial charge is 0.462 e. The quantitative estimate of drug-likeness (QED) is 0.0202. The number of aliphatic hydroxyl groups excluding tert-OH is 2. The second-order valence-electron chi connectivity index (χ2n) is 14.0. The molecule has 0 rings (SSSR count). The molecular formula is C40H80NO10P. The average Bonchev–Trinajstić information content (AvgIpc) is 3.12. The molecule has 0 aromatic carbocycles. The van der Waals surface area contributed by atoms with Crippen LogP contribution in [0.3, 0.4) is 0 Å². The molecule has 0 spiro atoms. The average molecular weight is 766 g/mol. The third-order valence-electron chi connectivity index (χ3n) is 8.92. The number of esters is 2. The maximum Gasteiger partial charge on any atom is 0.472 e. The van der Waals surface area contributed by atoms with Crippen LogP contribution in [0.4, 0.5) is 0 Å². The summed E-state index contributed by atoms with van der Waals surface area (Å²) in [5, 5.41) is 18.3. The van der Waals surface area contributed by atoms with Crippen molar-refractivity contribution in [3.8, 4) is 0 Å². The van der Waals surface area contributed by atoms with E-state index in [9.17, 15) is 24.2 Å². The number of carbonyl (C=O) groups excluding carboxylic acids is 2. The minimum Gasteiger partial charge on any atom is -0.462 e. The fraction of sp³-hybridized carbons (Fsp3) is 0.900. The zero-order chi connectivity index (χ0) is 37.7. The van der Waals surface area contributed by atoms with Gasteiger partial charge in [-0.2, -0.15) is 0 Å². The van der Waals surface area contributed by atoms with Crippen molar-refractivity contribution in [1.82, 2.24) is 6.15 Å². The largest absolute Gasteiger partial charge is 0.472 e. The summed E-state index contributed by atoms with van der Waals surface area (Å²) >= 11 is 0. The van der Waals surface area contributed by atoms with Crippen LogP contribution in [0.15, 0.2) is 12.2 Å². The number of hydrogen-bond acceptors (Lipinski definition) is 10. The van der Waals surface area contributed by atoms with Gasteiger partial charge in [0.2, 0.25) is 0 Å². The molecule has 0 aromatic heterocycles. The predicted molar refractivity (Wildman–Crippen MR) is 210 cm³/mol. The number of phosphoric ester groups is 1. The lowest BCUT2D eigenvalue weighted by molar-refractivity contribution is -0.161. The zero-order valence-electron chi connectivity index (χ0n) is 33.3. The Morgan fingerprint density at radius 3 is 1.40 bits per heavy atom. The molecule has 0 heterocycles. The minimum atomic E-state index is -4.61. The first kappa shape index (κ1) is 52.8. The van der Waals surface area contributed by atoms with E-state index >= 15 is 0 Å². The van der Waals surface area contributed by atoms with Crippen molar-refractivity contribution in [1.29, 1.82) is 0 Å². The first-order valence-electron chi connectivity index (χ1n) is 20.6. The van der Waals surface area contributed by atoms with Crippen LogP contribution in [0.5, 0.6) is 0 Å². The van der Waals surface area contributed by atoms with Crippen LogP contribution in [-0.4, -0.2) is 65.7 Å². The number of rotatable bonds is 39. The number of hydrogen-bond donors (Lipinski definition) is 4. The molecule has 3 atom stereocenters. The molecule has 12 heteroatoms. The number of phosphoric acid groups is 1. The van der Waals surface area contributed by atoms with E-state index in [4.69, 9.17) is 19.1 Å². The van der Waals surface area contributed by atoms with Crippen molar-refractivity contribution in [2.75, 3.05) is 26.4 Å². The molecule has 6 N–H and O–H groups in total. The third kappa shape index (κ3) is 38.4. The molecular weight excluding hydrogens is 685 g/mol. The second-order valence-corrected chi connectivity index (χ2v) is 15.5. The van der Waals surface area contributed by atoms with Gasteiger partial charge in [-0.15, -0.1) is 0 Å². The molecule has 11 nitrogen and oxygen atoms in total. The number of unbranched alkanes of at least 4 members (excludes halogenated alkanes) is 23. The van der Waals surface area contributed by atoms with E-state index in [1.807, 2.05) is 0 Å². The number of aliphatic hydroxyl groups is 2. The van der Waals surface area contributed by atoms with Gasteiger partial charge in [0.1, 0.15) is 12.7 Å². The van der Waals surface area contributed by atoms with Gasteiger partial charge < -0.3 is 30.7 Å². The Bertz CT molecular complexity index is 875. The van der Waals surface area contributed by atoms with Crippen LogP contribution in [0.25, 0.3) is 0 Å². The summed E-state index contributed by atoms with van der Waals surface area (Å²) in [4.78, 5) is 34.9. The normalized spacial score (nSPS) is 13.8. The third-order valence-corrected chi connectivity index (χ3v) is 9.87. The van der Waals surface area contributed by atoms with Gasteiger partial charge in [0.25, 0.3) is 0 Å². The summed E-state index contributed by atoms with van der Waals surface area (Å²) < 4.78 is 32.6. The highest BCUT2D eigenvalue weighted by atomic mass is 31.2. The highest BCUT2D eigenvalue weighted by molar-refractivity contribution is 7.47. The van der Waals surface area contributed by atoms with Crippen molar-refractivity contribution in [2.45, 2.75) is 206 Å². The van der Waals surface area contributed by atoms with Crippen LogP contribution < -0.4 is 6.15 Å². The van der Waals surface area contributed by atoms with E-state index in [1.165, 1.54) is 96.3 Å². The maximum absolute atomic E-state index is 12.6. The molecule has 3 unspecified atom stereocenters. The van der Waals surface area contributed by atoms with Crippen molar-refractivity contribution in [3.63, 3.8) is 0 Å². The van der Waals surface area contributed by atoms with Crippen LogP contribution in [0, 0.1) is 0 Å². The van der Waals surface area contributed by atoms with Gasteiger partial charge in [-0.3, -0.25) is 18.6 Å². The van der Waals surface area contributed by atoms with E-state index in [2.05, 4.69) is 30.5 Å². The maximum atomic E-state index is 12.6. The summed E-state index contributed by atoms with van der Waals surface area (Å²) in [6.45, 7) is 2.37. The molecule has 0 bridgehead atoms. The molecule has 0 fully saturated rings. The van der Waals surface area contributed by atoms with Gasteiger partial charge >= 0.3 is 19.8 Å². The number of carbonyl (C=O) groups is 2. The van der Waals surface area contributed by atoms with Crippen LogP contribution in [0.1, 0.15) is 194 Å². The molecule has 0 amide bonds. The van der Waals surface area contributed by atoms with Crippen molar-refractivity contribution >= 4 is 19.8 Å². The molecule has 0 aromatic rings. The van der Waals surface area contributed by atoms with Crippen molar-refractivity contribution in [2.24, 2.45) is 0 Å². The Morgan fingerprint density at radius 1 is 0.577 bits per heavy atom. The Balaban J connectivity index is 0. The van der Waals surface area contributed by atoms with Gasteiger partial charge in [-0.1, -0.05) is 154 Å². The molecule has 0 aliphatic heterocycles. The van der Waals surface area contributed by atoms with E-state index in [-0.39, 0.29) is 25.6 Å². The fourth-order valence-electron chi connectivity index (χ4n) is 5.69. The summed E-state index contributed by atoms with van der Waals surface area (Å²) in [5.74, 6) is -0.927. The van der Waals surface area contributed by atoms with Crippen LogP contribution >= 0.6 is 7.82 Å². The van der Waals surface area contributed by atoms with Crippen LogP contribution in [0.2, 0.25) is 0 Å². The van der Waals surface area contributed by atoms with Gasteiger partial charge in [0.05, 0.1) is 19.8 Å². The zero-order valence-corrected chi connectivity index (χ0v) is 34.2. The lowest BCUT2D eigenvalue weighted by Crippen LogP contribution is -2.29. The van der Waals surface area contributed by atoms with Crippen molar-refractivity contribution < 1.29 is 47.8 Å².